The molecule has 1 aromatic carbocycles. The third-order valence-corrected chi connectivity index (χ3v) is 8.59. The van der Waals surface area contributed by atoms with E-state index < -0.39 is 0 Å². The van der Waals surface area contributed by atoms with Gasteiger partial charge in [-0.05, 0) is 37.8 Å². The zero-order chi connectivity index (χ0) is 25.2. The average molecular weight is 495 g/mol. The molecule has 0 bridgehead atoms. The van der Waals surface area contributed by atoms with Gasteiger partial charge >= 0.3 is 0 Å². The number of imide groups is 1. The molecule has 194 valence electrons. The maximum atomic E-state index is 13.6. The van der Waals surface area contributed by atoms with Gasteiger partial charge < -0.3 is 14.7 Å². The van der Waals surface area contributed by atoms with Crippen molar-refractivity contribution < 1.29 is 19.2 Å². The Labute approximate surface area is 213 Å². The predicted molar refractivity (Wildman–Crippen MR) is 137 cm³/mol. The van der Waals surface area contributed by atoms with E-state index in [0.29, 0.717) is 50.4 Å². The van der Waals surface area contributed by atoms with Crippen molar-refractivity contribution in [1.29, 1.82) is 0 Å². The summed E-state index contributed by atoms with van der Waals surface area (Å²) in [6.07, 6.45) is 8.96. The number of amides is 4. The van der Waals surface area contributed by atoms with E-state index in [2.05, 4.69) is 4.90 Å². The zero-order valence-electron chi connectivity index (χ0n) is 21.4. The lowest BCUT2D eigenvalue weighted by Crippen LogP contribution is -2.52. The maximum Gasteiger partial charge on any atom is 0.263 e. The van der Waals surface area contributed by atoms with Gasteiger partial charge in [0.05, 0.1) is 16.8 Å². The fourth-order valence-electron chi connectivity index (χ4n) is 6.44. The number of fused-ring (bicyclic) bond motifs is 1. The number of piperazine rings is 1. The predicted octanol–water partition coefficient (Wildman–Crippen LogP) is 3.30. The molecule has 1 saturated carbocycles. The van der Waals surface area contributed by atoms with E-state index in [4.69, 9.17) is 0 Å². The number of rotatable bonds is 3. The molecular formula is C28H38N4O4. The molecule has 4 amide bonds. The molecule has 3 fully saturated rings. The summed E-state index contributed by atoms with van der Waals surface area (Å²) in [7, 11) is 0. The molecule has 8 nitrogen and oxygen atoms in total. The highest BCUT2D eigenvalue weighted by atomic mass is 16.2. The summed E-state index contributed by atoms with van der Waals surface area (Å²) in [5, 5.41) is 0. The Hall–Kier alpha value is -2.90. The highest BCUT2D eigenvalue weighted by Crippen LogP contribution is 2.37. The van der Waals surface area contributed by atoms with Gasteiger partial charge in [0.25, 0.3) is 11.8 Å². The molecule has 0 spiro atoms. The Kier molecular flexibility index (Phi) is 7.30. The van der Waals surface area contributed by atoms with Crippen molar-refractivity contribution in [2.45, 2.75) is 70.8 Å². The molecule has 0 atom stereocenters. The van der Waals surface area contributed by atoms with Gasteiger partial charge in [-0.3, -0.25) is 24.1 Å². The van der Waals surface area contributed by atoms with E-state index in [1.165, 1.54) is 19.3 Å². The molecule has 3 aliphatic heterocycles. The molecule has 1 aliphatic carbocycles. The lowest BCUT2D eigenvalue weighted by Gasteiger charge is -2.39. The van der Waals surface area contributed by atoms with Crippen molar-refractivity contribution in [2.75, 3.05) is 44.2 Å². The number of hydrogen-bond donors (Lipinski definition) is 0. The standard InChI is InChI=1S/C28H38N4O4/c1-20(33)29-16-18-31(19-17-29)26(34)21-12-14-30(15-13-21)24-11-7-10-23-25(24)28(36)32(27(23)35)22-8-5-3-2-4-6-9-22/h7,10-11,21-22H,2-6,8-9,12-19H2,1H3. The normalized spacial score (nSPS) is 22.5. The van der Waals surface area contributed by atoms with E-state index in [1.807, 2.05) is 17.0 Å². The number of anilines is 1. The minimum Gasteiger partial charge on any atom is -0.371 e. The van der Waals surface area contributed by atoms with Crippen LogP contribution in [0.15, 0.2) is 18.2 Å². The Morgan fingerprint density at radius 3 is 2.00 bits per heavy atom. The van der Waals surface area contributed by atoms with Gasteiger partial charge in [-0.15, -0.1) is 0 Å². The van der Waals surface area contributed by atoms with Crippen LogP contribution in [-0.4, -0.2) is 83.6 Å². The zero-order valence-corrected chi connectivity index (χ0v) is 21.4. The van der Waals surface area contributed by atoms with Gasteiger partial charge in [0, 0.05) is 58.2 Å². The Morgan fingerprint density at radius 2 is 1.36 bits per heavy atom. The summed E-state index contributed by atoms with van der Waals surface area (Å²) < 4.78 is 0. The first-order valence-corrected chi connectivity index (χ1v) is 13.8. The Morgan fingerprint density at radius 1 is 0.750 bits per heavy atom. The molecule has 1 aromatic rings. The lowest BCUT2D eigenvalue weighted by molar-refractivity contribution is -0.141. The third-order valence-electron chi connectivity index (χ3n) is 8.59. The third kappa shape index (κ3) is 4.74. The summed E-state index contributed by atoms with van der Waals surface area (Å²) in [5.41, 5.74) is 1.91. The monoisotopic (exact) mass is 494 g/mol. The molecule has 0 unspecified atom stereocenters. The number of hydrogen-bond acceptors (Lipinski definition) is 5. The molecular weight excluding hydrogens is 456 g/mol. The molecule has 0 aromatic heterocycles. The lowest BCUT2D eigenvalue weighted by atomic mass is 9.93. The molecule has 2 saturated heterocycles. The van der Waals surface area contributed by atoms with Crippen molar-refractivity contribution in [3.8, 4) is 0 Å². The first-order valence-electron chi connectivity index (χ1n) is 13.8. The van der Waals surface area contributed by atoms with E-state index in [0.717, 1.165) is 44.2 Å². The average Bonchev–Trinajstić information content (AvgIpc) is 3.14. The topological polar surface area (TPSA) is 81.2 Å². The molecule has 0 radical (unpaired) electrons. The van der Waals surface area contributed by atoms with Crippen LogP contribution < -0.4 is 4.90 Å². The highest BCUT2D eigenvalue weighted by Gasteiger charge is 2.42. The van der Waals surface area contributed by atoms with E-state index in [1.54, 1.807) is 22.8 Å². The maximum absolute atomic E-state index is 13.6. The van der Waals surface area contributed by atoms with Gasteiger partial charge in [-0.2, -0.15) is 0 Å². The van der Waals surface area contributed by atoms with Gasteiger partial charge in [0.1, 0.15) is 0 Å². The van der Waals surface area contributed by atoms with Crippen LogP contribution in [-0.2, 0) is 9.59 Å². The number of benzene rings is 1. The first-order chi connectivity index (χ1) is 17.5. The van der Waals surface area contributed by atoms with Crippen LogP contribution in [0.4, 0.5) is 5.69 Å². The van der Waals surface area contributed by atoms with Gasteiger partial charge in [-0.25, -0.2) is 0 Å². The molecule has 4 aliphatic rings. The number of carbonyl (C=O) groups excluding carboxylic acids is 4. The first kappa shape index (κ1) is 24.8. The second-order valence-corrected chi connectivity index (χ2v) is 10.8. The molecule has 0 N–H and O–H groups in total. The summed E-state index contributed by atoms with van der Waals surface area (Å²) in [4.78, 5) is 59.1. The molecule has 8 heteroatoms. The van der Waals surface area contributed by atoms with Crippen molar-refractivity contribution in [1.82, 2.24) is 14.7 Å². The Balaban J connectivity index is 1.25. The largest absolute Gasteiger partial charge is 0.371 e. The van der Waals surface area contributed by atoms with Crippen LogP contribution in [0.2, 0.25) is 0 Å². The van der Waals surface area contributed by atoms with Crippen molar-refractivity contribution >= 4 is 29.3 Å². The minimum atomic E-state index is -0.141. The molecule has 3 heterocycles. The van der Waals surface area contributed by atoms with E-state index in [-0.39, 0.29) is 35.6 Å². The van der Waals surface area contributed by atoms with Crippen molar-refractivity contribution in [3.63, 3.8) is 0 Å². The second-order valence-electron chi connectivity index (χ2n) is 10.8. The summed E-state index contributed by atoms with van der Waals surface area (Å²) in [6, 6.07) is 5.62. The van der Waals surface area contributed by atoms with Crippen LogP contribution >= 0.6 is 0 Å². The number of nitrogens with zero attached hydrogens (tertiary/aromatic N) is 4. The molecule has 36 heavy (non-hydrogen) atoms. The van der Waals surface area contributed by atoms with Gasteiger partial charge in [0.15, 0.2) is 0 Å². The fourth-order valence-corrected chi connectivity index (χ4v) is 6.44. The smallest absolute Gasteiger partial charge is 0.263 e. The van der Waals surface area contributed by atoms with Crippen LogP contribution in [0.3, 0.4) is 0 Å². The minimum absolute atomic E-state index is 0.00243. The number of piperidine rings is 1. The fraction of sp³-hybridized carbons (Fsp3) is 0.643. The van der Waals surface area contributed by atoms with Crippen LogP contribution in [0.1, 0.15) is 85.4 Å². The summed E-state index contributed by atoms with van der Waals surface area (Å²) in [6.45, 7) is 5.34. The number of carbonyl (C=O) groups is 4. The van der Waals surface area contributed by atoms with Crippen LogP contribution in [0.5, 0.6) is 0 Å². The SMILES string of the molecule is CC(=O)N1CCN(C(=O)C2CCN(c3cccc4c3C(=O)N(C3CCCCCCC3)C4=O)CC2)CC1. The molecule has 5 rings (SSSR count). The highest BCUT2D eigenvalue weighted by molar-refractivity contribution is 6.24. The van der Waals surface area contributed by atoms with E-state index >= 15 is 0 Å². The van der Waals surface area contributed by atoms with Crippen molar-refractivity contribution in [3.05, 3.63) is 29.3 Å². The van der Waals surface area contributed by atoms with Crippen molar-refractivity contribution in [2.24, 2.45) is 5.92 Å². The van der Waals surface area contributed by atoms with Crippen LogP contribution in [0.25, 0.3) is 0 Å². The van der Waals surface area contributed by atoms with E-state index in [9.17, 15) is 19.2 Å². The second kappa shape index (κ2) is 10.6. The van der Waals surface area contributed by atoms with Crippen LogP contribution in [0, 0.1) is 5.92 Å². The quantitative estimate of drug-likeness (QED) is 0.603. The van der Waals surface area contributed by atoms with Gasteiger partial charge in [0.2, 0.25) is 11.8 Å². The Bertz CT molecular complexity index is 1020. The summed E-state index contributed by atoms with van der Waals surface area (Å²) in [5.74, 6) is -0.0784. The summed E-state index contributed by atoms with van der Waals surface area (Å²) >= 11 is 0. The van der Waals surface area contributed by atoms with Gasteiger partial charge in [-0.1, -0.05) is 38.2 Å².